The fourth-order valence-electron chi connectivity index (χ4n) is 2.10. The van der Waals surface area contributed by atoms with Crippen LogP contribution in [0.2, 0.25) is 0 Å². The third-order valence-electron chi connectivity index (χ3n) is 2.92. The molecule has 2 aromatic heterocycles. The minimum atomic E-state index is -1.02. The zero-order valence-electron chi connectivity index (χ0n) is 11.9. The Balaban J connectivity index is 2.35. The van der Waals surface area contributed by atoms with Gasteiger partial charge in [0, 0.05) is 19.8 Å². The molecule has 0 aromatic carbocycles. The lowest BCUT2D eigenvalue weighted by Gasteiger charge is -2.19. The predicted molar refractivity (Wildman–Crippen MR) is 80.4 cm³/mol. The van der Waals surface area contributed by atoms with Crippen molar-refractivity contribution in [2.24, 2.45) is 7.05 Å². The van der Waals surface area contributed by atoms with Crippen molar-refractivity contribution in [2.75, 3.05) is 13.1 Å². The van der Waals surface area contributed by atoms with Gasteiger partial charge in [0.2, 0.25) is 0 Å². The van der Waals surface area contributed by atoms with Gasteiger partial charge in [0.15, 0.2) is 0 Å². The first-order valence-corrected chi connectivity index (χ1v) is 7.49. The van der Waals surface area contributed by atoms with Crippen molar-refractivity contribution in [3.05, 3.63) is 29.3 Å². The van der Waals surface area contributed by atoms with Crippen LogP contribution in [-0.2, 0) is 11.8 Å². The molecule has 1 N–H and O–H groups in total. The number of carbonyl (C=O) groups excluding carboxylic acids is 1. The Labute approximate surface area is 126 Å². The van der Waals surface area contributed by atoms with Crippen LogP contribution in [0, 0.1) is 0 Å². The predicted octanol–water partition coefficient (Wildman–Crippen LogP) is 2.09. The summed E-state index contributed by atoms with van der Waals surface area (Å²) in [4.78, 5) is 25.8. The average Bonchev–Trinajstić information content (AvgIpc) is 3.05. The third-order valence-corrected chi connectivity index (χ3v) is 3.80. The molecule has 21 heavy (non-hydrogen) atoms. The van der Waals surface area contributed by atoms with E-state index in [0.717, 1.165) is 4.88 Å². The molecule has 2 aromatic rings. The van der Waals surface area contributed by atoms with Gasteiger partial charge in [0.1, 0.15) is 12.2 Å². The van der Waals surface area contributed by atoms with E-state index in [1.165, 1.54) is 16.2 Å². The van der Waals surface area contributed by atoms with Gasteiger partial charge >= 0.3 is 5.97 Å². The summed E-state index contributed by atoms with van der Waals surface area (Å²) in [7, 11) is 1.75. The molecule has 2 heterocycles. The van der Waals surface area contributed by atoms with Crippen LogP contribution in [0.3, 0.4) is 0 Å². The van der Waals surface area contributed by atoms with E-state index in [9.17, 15) is 9.59 Å². The van der Waals surface area contributed by atoms with Crippen molar-refractivity contribution in [1.29, 1.82) is 0 Å². The number of amides is 1. The number of aromatic nitrogens is 2. The second-order valence-electron chi connectivity index (χ2n) is 4.66. The van der Waals surface area contributed by atoms with Gasteiger partial charge in [-0.15, -0.1) is 11.3 Å². The van der Waals surface area contributed by atoms with Crippen LogP contribution >= 0.6 is 11.3 Å². The van der Waals surface area contributed by atoms with Gasteiger partial charge < -0.3 is 10.0 Å². The fraction of sp³-hybridized carbons (Fsp3) is 0.357. The Kier molecular flexibility index (Phi) is 4.74. The van der Waals surface area contributed by atoms with Crippen LogP contribution in [0.15, 0.2) is 23.7 Å². The standard InChI is InChI=1S/C14H17N3O3S/c1-3-6-17(9-12(18)19)14(20)10-8-16(2)15-13(10)11-5-4-7-21-11/h4-5,7-8H,3,6,9H2,1-2H3,(H,18,19). The number of rotatable bonds is 6. The summed E-state index contributed by atoms with van der Waals surface area (Å²) in [6, 6.07) is 3.79. The summed E-state index contributed by atoms with van der Waals surface area (Å²) in [5.41, 5.74) is 1.04. The van der Waals surface area contributed by atoms with Gasteiger partial charge in [-0.05, 0) is 17.9 Å². The van der Waals surface area contributed by atoms with Gasteiger partial charge in [-0.2, -0.15) is 5.10 Å². The summed E-state index contributed by atoms with van der Waals surface area (Å²) in [6.45, 7) is 2.01. The number of nitrogens with zero attached hydrogens (tertiary/aromatic N) is 3. The van der Waals surface area contributed by atoms with Crippen molar-refractivity contribution in [3.63, 3.8) is 0 Å². The number of thiophene rings is 1. The number of hydrogen-bond acceptors (Lipinski definition) is 4. The van der Waals surface area contributed by atoms with Gasteiger partial charge in [0.05, 0.1) is 10.4 Å². The van der Waals surface area contributed by atoms with Gasteiger partial charge in [-0.3, -0.25) is 14.3 Å². The highest BCUT2D eigenvalue weighted by Crippen LogP contribution is 2.27. The summed E-state index contributed by atoms with van der Waals surface area (Å²) in [5.74, 6) is -1.31. The van der Waals surface area contributed by atoms with Crippen LogP contribution in [0.25, 0.3) is 10.6 Å². The minimum Gasteiger partial charge on any atom is -0.480 e. The van der Waals surface area contributed by atoms with Crippen LogP contribution in [0.4, 0.5) is 0 Å². The normalized spacial score (nSPS) is 10.6. The molecule has 0 radical (unpaired) electrons. The summed E-state index contributed by atoms with van der Waals surface area (Å²) < 4.78 is 1.58. The van der Waals surface area contributed by atoms with E-state index in [0.29, 0.717) is 24.2 Å². The molecule has 2 rings (SSSR count). The SMILES string of the molecule is CCCN(CC(=O)O)C(=O)c1cn(C)nc1-c1cccs1. The molecule has 0 fully saturated rings. The number of carboxylic acids is 1. The van der Waals surface area contributed by atoms with Crippen LogP contribution in [-0.4, -0.2) is 44.8 Å². The van der Waals surface area contributed by atoms with Crippen LogP contribution < -0.4 is 0 Å². The zero-order valence-corrected chi connectivity index (χ0v) is 12.8. The Bertz CT molecular complexity index is 634. The minimum absolute atomic E-state index is 0.296. The number of carbonyl (C=O) groups is 2. The maximum Gasteiger partial charge on any atom is 0.323 e. The third kappa shape index (κ3) is 3.49. The summed E-state index contributed by atoms with van der Waals surface area (Å²) >= 11 is 1.50. The summed E-state index contributed by atoms with van der Waals surface area (Å²) in [6.07, 6.45) is 2.34. The second-order valence-corrected chi connectivity index (χ2v) is 5.61. The Morgan fingerprint density at radius 1 is 1.48 bits per heavy atom. The van der Waals surface area contributed by atoms with Crippen LogP contribution in [0.5, 0.6) is 0 Å². The number of aliphatic carboxylic acids is 1. The lowest BCUT2D eigenvalue weighted by molar-refractivity contribution is -0.137. The van der Waals surface area contributed by atoms with E-state index < -0.39 is 5.97 Å². The average molecular weight is 307 g/mol. The molecule has 7 heteroatoms. The highest BCUT2D eigenvalue weighted by atomic mass is 32.1. The van der Waals surface area contributed by atoms with E-state index >= 15 is 0 Å². The van der Waals surface area contributed by atoms with Gasteiger partial charge in [-0.1, -0.05) is 13.0 Å². The largest absolute Gasteiger partial charge is 0.480 e. The molecular weight excluding hydrogens is 290 g/mol. The molecule has 112 valence electrons. The maximum atomic E-state index is 12.6. The Morgan fingerprint density at radius 3 is 2.81 bits per heavy atom. The molecule has 0 bridgehead atoms. The van der Waals surface area contributed by atoms with Crippen LogP contribution in [0.1, 0.15) is 23.7 Å². The number of hydrogen-bond donors (Lipinski definition) is 1. The molecule has 6 nitrogen and oxygen atoms in total. The molecule has 0 saturated heterocycles. The van der Waals surface area contributed by atoms with Crippen molar-refractivity contribution in [2.45, 2.75) is 13.3 Å². The molecule has 0 unspecified atom stereocenters. The fourth-order valence-corrected chi connectivity index (χ4v) is 2.82. The van der Waals surface area contributed by atoms with E-state index in [2.05, 4.69) is 5.10 Å². The Hall–Kier alpha value is -2.15. The molecule has 0 aliphatic heterocycles. The van der Waals surface area contributed by atoms with E-state index in [-0.39, 0.29) is 12.5 Å². The van der Waals surface area contributed by atoms with Crippen molar-refractivity contribution in [1.82, 2.24) is 14.7 Å². The first kappa shape index (κ1) is 15.2. The maximum absolute atomic E-state index is 12.6. The topological polar surface area (TPSA) is 75.4 Å². The first-order valence-electron chi connectivity index (χ1n) is 6.61. The first-order chi connectivity index (χ1) is 10.0. The monoisotopic (exact) mass is 307 g/mol. The smallest absolute Gasteiger partial charge is 0.323 e. The van der Waals surface area contributed by atoms with Gasteiger partial charge in [0.25, 0.3) is 5.91 Å². The molecule has 0 atom stereocenters. The van der Waals surface area contributed by atoms with Gasteiger partial charge in [-0.25, -0.2) is 0 Å². The highest BCUT2D eigenvalue weighted by molar-refractivity contribution is 7.13. The molecular formula is C14H17N3O3S. The molecule has 0 aliphatic carbocycles. The van der Waals surface area contributed by atoms with Crippen molar-refractivity contribution in [3.8, 4) is 10.6 Å². The van der Waals surface area contributed by atoms with Crippen molar-refractivity contribution >= 4 is 23.2 Å². The zero-order chi connectivity index (χ0) is 15.4. The highest BCUT2D eigenvalue weighted by Gasteiger charge is 2.24. The van der Waals surface area contributed by atoms with E-state index in [1.54, 1.807) is 17.9 Å². The lowest BCUT2D eigenvalue weighted by atomic mass is 10.2. The quantitative estimate of drug-likeness (QED) is 0.886. The van der Waals surface area contributed by atoms with E-state index in [1.807, 2.05) is 24.4 Å². The molecule has 1 amide bonds. The Morgan fingerprint density at radius 2 is 2.24 bits per heavy atom. The molecule has 0 saturated carbocycles. The number of aryl methyl sites for hydroxylation is 1. The number of carboxylic acid groups (broad SMARTS) is 1. The summed E-state index contributed by atoms with van der Waals surface area (Å²) in [5, 5.41) is 15.2. The van der Waals surface area contributed by atoms with Crippen molar-refractivity contribution < 1.29 is 14.7 Å². The second kappa shape index (κ2) is 6.53. The van der Waals surface area contributed by atoms with E-state index in [4.69, 9.17) is 5.11 Å². The lowest BCUT2D eigenvalue weighted by Crippen LogP contribution is -2.36. The molecule has 0 spiro atoms. The molecule has 0 aliphatic rings.